The number of ether oxygens (including phenoxy) is 1. The molecule has 68 valence electrons. The number of hydrogen-bond acceptors (Lipinski definition) is 1. The molecule has 1 atom stereocenters. The first-order valence-electron chi connectivity index (χ1n) is 3.73. The Morgan fingerprint density at radius 1 is 1.33 bits per heavy atom. The molecule has 1 unspecified atom stereocenters. The highest BCUT2D eigenvalue weighted by atomic mass is 79.9. The van der Waals surface area contributed by atoms with Crippen molar-refractivity contribution in [1.82, 2.24) is 0 Å². The molecule has 12 heavy (non-hydrogen) atoms. The van der Waals surface area contributed by atoms with Gasteiger partial charge in [0.2, 0.25) is 0 Å². The molecule has 1 aromatic rings. The van der Waals surface area contributed by atoms with Crippen molar-refractivity contribution in [2.45, 2.75) is 6.92 Å². The number of rotatable bonds is 3. The SMILES string of the molecule is Br.Cc1ccccc1OCCP. The molecule has 0 bridgehead atoms. The maximum Gasteiger partial charge on any atom is 0.122 e. The van der Waals surface area contributed by atoms with E-state index in [0.717, 1.165) is 18.5 Å². The van der Waals surface area contributed by atoms with E-state index < -0.39 is 0 Å². The Kier molecular flexibility index (Phi) is 6.41. The van der Waals surface area contributed by atoms with Crippen molar-refractivity contribution in [2.75, 3.05) is 12.8 Å². The highest BCUT2D eigenvalue weighted by molar-refractivity contribution is 8.93. The van der Waals surface area contributed by atoms with Crippen LogP contribution in [0.25, 0.3) is 0 Å². The van der Waals surface area contributed by atoms with Gasteiger partial charge in [-0.3, -0.25) is 0 Å². The minimum Gasteiger partial charge on any atom is -0.493 e. The van der Waals surface area contributed by atoms with E-state index in [0.29, 0.717) is 0 Å². The van der Waals surface area contributed by atoms with E-state index >= 15 is 0 Å². The van der Waals surface area contributed by atoms with Gasteiger partial charge in [0, 0.05) is 0 Å². The van der Waals surface area contributed by atoms with Crippen molar-refractivity contribution in [1.29, 1.82) is 0 Å². The second-order valence-corrected chi connectivity index (χ2v) is 2.98. The van der Waals surface area contributed by atoms with Crippen molar-refractivity contribution in [3.63, 3.8) is 0 Å². The molecule has 1 rings (SSSR count). The second-order valence-electron chi connectivity index (χ2n) is 2.40. The molecule has 0 radical (unpaired) electrons. The van der Waals surface area contributed by atoms with E-state index in [1.807, 2.05) is 18.2 Å². The Hall–Kier alpha value is -0.0700. The van der Waals surface area contributed by atoms with Crippen molar-refractivity contribution >= 4 is 26.2 Å². The summed E-state index contributed by atoms with van der Waals surface area (Å²) in [5, 5.41) is 0. The van der Waals surface area contributed by atoms with Crippen molar-refractivity contribution in [3.05, 3.63) is 29.8 Å². The number of aryl methyl sites for hydroxylation is 1. The highest BCUT2D eigenvalue weighted by Crippen LogP contribution is 2.15. The molecule has 3 heteroatoms. The minimum absolute atomic E-state index is 0. The average molecular weight is 249 g/mol. The van der Waals surface area contributed by atoms with E-state index in [1.165, 1.54) is 5.56 Å². The summed E-state index contributed by atoms with van der Waals surface area (Å²) < 4.78 is 5.47. The van der Waals surface area contributed by atoms with Gasteiger partial charge >= 0.3 is 0 Å². The molecule has 0 N–H and O–H groups in total. The van der Waals surface area contributed by atoms with E-state index in [-0.39, 0.29) is 17.0 Å². The lowest BCUT2D eigenvalue weighted by Crippen LogP contribution is -1.98. The minimum atomic E-state index is 0. The molecule has 0 saturated carbocycles. The molecular weight excluding hydrogens is 235 g/mol. The first-order chi connectivity index (χ1) is 5.34. The van der Waals surface area contributed by atoms with Gasteiger partial charge in [-0.1, -0.05) is 18.2 Å². The van der Waals surface area contributed by atoms with Crippen molar-refractivity contribution < 1.29 is 4.74 Å². The van der Waals surface area contributed by atoms with E-state index in [4.69, 9.17) is 4.74 Å². The van der Waals surface area contributed by atoms with E-state index in [1.54, 1.807) is 0 Å². The van der Waals surface area contributed by atoms with Gasteiger partial charge < -0.3 is 4.74 Å². The molecule has 0 aliphatic carbocycles. The van der Waals surface area contributed by atoms with Gasteiger partial charge in [0.15, 0.2) is 0 Å². The summed E-state index contributed by atoms with van der Waals surface area (Å²) in [7, 11) is 2.64. The lowest BCUT2D eigenvalue weighted by atomic mass is 10.2. The summed E-state index contributed by atoms with van der Waals surface area (Å²) in [4.78, 5) is 0. The molecule has 0 saturated heterocycles. The summed E-state index contributed by atoms with van der Waals surface area (Å²) in [5.74, 6) is 0.995. The van der Waals surface area contributed by atoms with Gasteiger partial charge in [-0.2, -0.15) is 0 Å². The van der Waals surface area contributed by atoms with Crippen LogP contribution >= 0.6 is 26.2 Å². The van der Waals surface area contributed by atoms with Crippen LogP contribution in [0.1, 0.15) is 5.56 Å². The largest absolute Gasteiger partial charge is 0.493 e. The lowest BCUT2D eigenvalue weighted by molar-refractivity contribution is 0.341. The van der Waals surface area contributed by atoms with Gasteiger partial charge in [0.05, 0.1) is 6.61 Å². The second kappa shape index (κ2) is 6.45. The fraction of sp³-hybridized carbons (Fsp3) is 0.333. The molecule has 0 amide bonds. The first-order valence-corrected chi connectivity index (χ1v) is 4.54. The van der Waals surface area contributed by atoms with Crippen LogP contribution < -0.4 is 4.74 Å². The molecular formula is C9H14BrOP. The molecule has 1 aromatic carbocycles. The smallest absolute Gasteiger partial charge is 0.122 e. The van der Waals surface area contributed by atoms with E-state index in [2.05, 4.69) is 22.2 Å². The summed E-state index contributed by atoms with van der Waals surface area (Å²) >= 11 is 0. The Balaban J connectivity index is 0.00000121. The van der Waals surface area contributed by atoms with Crippen LogP contribution in [0.3, 0.4) is 0 Å². The van der Waals surface area contributed by atoms with Gasteiger partial charge in [-0.05, 0) is 24.7 Å². The zero-order chi connectivity index (χ0) is 8.10. The van der Waals surface area contributed by atoms with Gasteiger partial charge in [-0.25, -0.2) is 0 Å². The number of benzene rings is 1. The molecule has 0 spiro atoms. The van der Waals surface area contributed by atoms with Crippen LogP contribution in [0.15, 0.2) is 24.3 Å². The molecule has 0 fully saturated rings. The van der Waals surface area contributed by atoms with Crippen LogP contribution in [0, 0.1) is 6.92 Å². The van der Waals surface area contributed by atoms with Crippen LogP contribution in [0.5, 0.6) is 5.75 Å². The number of hydrogen-bond donors (Lipinski definition) is 0. The Bertz CT molecular complexity index is 228. The third kappa shape index (κ3) is 3.55. The van der Waals surface area contributed by atoms with Crippen LogP contribution in [0.2, 0.25) is 0 Å². The standard InChI is InChI=1S/C9H13OP.BrH/c1-8-4-2-3-5-9(8)10-6-7-11;/h2-5H,6-7,11H2,1H3;1H. The monoisotopic (exact) mass is 248 g/mol. The van der Waals surface area contributed by atoms with Crippen LogP contribution in [-0.2, 0) is 0 Å². The Labute approximate surface area is 86.5 Å². The predicted molar refractivity (Wildman–Crippen MR) is 61.6 cm³/mol. The van der Waals surface area contributed by atoms with Crippen molar-refractivity contribution in [2.24, 2.45) is 0 Å². The quantitative estimate of drug-likeness (QED) is 0.748. The summed E-state index contributed by atoms with van der Waals surface area (Å²) in [6.07, 6.45) is 0.980. The number of para-hydroxylation sites is 1. The maximum absolute atomic E-state index is 5.47. The third-order valence-electron chi connectivity index (χ3n) is 1.47. The fourth-order valence-corrected chi connectivity index (χ4v) is 1.01. The van der Waals surface area contributed by atoms with E-state index in [9.17, 15) is 0 Å². The zero-order valence-electron chi connectivity index (χ0n) is 7.12. The van der Waals surface area contributed by atoms with Gasteiger partial charge in [0.25, 0.3) is 0 Å². The lowest BCUT2D eigenvalue weighted by Gasteiger charge is -2.06. The van der Waals surface area contributed by atoms with Gasteiger partial charge in [-0.15, -0.1) is 26.2 Å². The molecule has 0 aliphatic rings. The first kappa shape index (κ1) is 11.9. The summed E-state index contributed by atoms with van der Waals surface area (Å²) in [6, 6.07) is 8.06. The third-order valence-corrected chi connectivity index (χ3v) is 1.70. The fourth-order valence-electron chi connectivity index (χ4n) is 0.887. The summed E-state index contributed by atoms with van der Waals surface area (Å²) in [6.45, 7) is 2.83. The molecule has 0 aromatic heterocycles. The van der Waals surface area contributed by atoms with Crippen LogP contribution in [-0.4, -0.2) is 12.8 Å². The normalized spacial score (nSPS) is 8.83. The van der Waals surface area contributed by atoms with Crippen molar-refractivity contribution in [3.8, 4) is 5.75 Å². The predicted octanol–water partition coefficient (Wildman–Crippen LogP) is 2.83. The van der Waals surface area contributed by atoms with Gasteiger partial charge in [0.1, 0.15) is 5.75 Å². The molecule has 0 aliphatic heterocycles. The number of halogens is 1. The zero-order valence-corrected chi connectivity index (χ0v) is 9.99. The maximum atomic E-state index is 5.47. The highest BCUT2D eigenvalue weighted by Gasteiger charge is 1.94. The molecule has 0 heterocycles. The van der Waals surface area contributed by atoms with Crippen LogP contribution in [0.4, 0.5) is 0 Å². The average Bonchev–Trinajstić information content (AvgIpc) is 2.03. The summed E-state index contributed by atoms with van der Waals surface area (Å²) in [5.41, 5.74) is 1.20. The Morgan fingerprint density at radius 3 is 2.58 bits per heavy atom. The molecule has 1 nitrogen and oxygen atoms in total. The topological polar surface area (TPSA) is 9.23 Å². The Morgan fingerprint density at radius 2 is 2.00 bits per heavy atom.